The molecule has 3 heteroatoms. The Kier molecular flexibility index (Phi) is 4.14. The number of nitrogens with two attached hydrogens (primary N) is 1. The summed E-state index contributed by atoms with van der Waals surface area (Å²) in [5.74, 6) is 0.129. The minimum Gasteiger partial charge on any atom is -0.341 e. The summed E-state index contributed by atoms with van der Waals surface area (Å²) in [6, 6.07) is -0.365. The van der Waals surface area contributed by atoms with Crippen molar-refractivity contribution in [1.29, 1.82) is 0 Å². The summed E-state index contributed by atoms with van der Waals surface area (Å²) in [5, 5.41) is 0. The monoisotopic (exact) mass is 212 g/mol. The van der Waals surface area contributed by atoms with Gasteiger partial charge in [-0.1, -0.05) is 33.6 Å². The van der Waals surface area contributed by atoms with Crippen molar-refractivity contribution in [3.8, 4) is 0 Å². The van der Waals surface area contributed by atoms with E-state index in [2.05, 4.69) is 0 Å². The van der Waals surface area contributed by atoms with E-state index in [-0.39, 0.29) is 17.4 Å². The summed E-state index contributed by atoms with van der Waals surface area (Å²) in [5.41, 5.74) is 5.85. The van der Waals surface area contributed by atoms with E-state index in [1.165, 1.54) is 12.8 Å². The zero-order valence-electron chi connectivity index (χ0n) is 10.3. The summed E-state index contributed by atoms with van der Waals surface area (Å²) in [7, 11) is 0. The van der Waals surface area contributed by atoms with Crippen LogP contribution in [0.3, 0.4) is 0 Å². The highest BCUT2D eigenvalue weighted by atomic mass is 16.2. The Balaban J connectivity index is 2.58. The molecular weight excluding hydrogens is 188 g/mol. The van der Waals surface area contributed by atoms with Crippen LogP contribution in [0.25, 0.3) is 0 Å². The molecule has 88 valence electrons. The van der Waals surface area contributed by atoms with Gasteiger partial charge < -0.3 is 10.6 Å². The van der Waals surface area contributed by atoms with Gasteiger partial charge in [0, 0.05) is 13.1 Å². The molecule has 1 aliphatic heterocycles. The first-order valence-electron chi connectivity index (χ1n) is 5.97. The van der Waals surface area contributed by atoms with Crippen LogP contribution in [-0.4, -0.2) is 29.9 Å². The average molecular weight is 212 g/mol. The fourth-order valence-electron chi connectivity index (χ4n) is 1.86. The Morgan fingerprint density at radius 3 is 2.00 bits per heavy atom. The summed E-state index contributed by atoms with van der Waals surface area (Å²) >= 11 is 0. The Hall–Kier alpha value is -0.570. The summed E-state index contributed by atoms with van der Waals surface area (Å²) in [6.07, 6.45) is 4.74. The van der Waals surface area contributed by atoms with Gasteiger partial charge in [0.2, 0.25) is 5.91 Å². The largest absolute Gasteiger partial charge is 0.341 e. The molecule has 0 aromatic carbocycles. The normalized spacial score (nSPS) is 20.9. The van der Waals surface area contributed by atoms with Gasteiger partial charge in [0.05, 0.1) is 6.04 Å². The van der Waals surface area contributed by atoms with E-state index in [9.17, 15) is 4.79 Å². The average Bonchev–Trinajstić information content (AvgIpc) is 2.42. The molecule has 0 aliphatic carbocycles. The van der Waals surface area contributed by atoms with E-state index in [0.717, 1.165) is 25.9 Å². The van der Waals surface area contributed by atoms with Crippen LogP contribution in [0.1, 0.15) is 46.5 Å². The molecule has 1 rings (SSSR count). The van der Waals surface area contributed by atoms with Crippen molar-refractivity contribution < 1.29 is 4.79 Å². The molecule has 0 aromatic rings. The second kappa shape index (κ2) is 4.97. The van der Waals surface area contributed by atoms with Crippen LogP contribution in [0.4, 0.5) is 0 Å². The van der Waals surface area contributed by atoms with Crippen molar-refractivity contribution in [2.24, 2.45) is 11.1 Å². The number of hydrogen-bond acceptors (Lipinski definition) is 2. The third-order valence-electron chi connectivity index (χ3n) is 3.12. The standard InChI is InChI=1S/C12H24N2O/c1-12(2,3)10(13)11(15)14-8-6-4-5-7-9-14/h10H,4-9,13H2,1-3H3/t10-/m1/s1. The number of rotatable bonds is 1. The van der Waals surface area contributed by atoms with Gasteiger partial charge in [0.25, 0.3) is 0 Å². The molecule has 3 nitrogen and oxygen atoms in total. The van der Waals surface area contributed by atoms with E-state index in [1.54, 1.807) is 0 Å². The lowest BCUT2D eigenvalue weighted by Gasteiger charge is -2.31. The lowest BCUT2D eigenvalue weighted by Crippen LogP contribution is -2.50. The lowest BCUT2D eigenvalue weighted by atomic mass is 9.86. The molecule has 1 fully saturated rings. The number of nitrogens with zero attached hydrogens (tertiary/aromatic N) is 1. The predicted octanol–water partition coefficient (Wildman–Crippen LogP) is 1.76. The number of carbonyl (C=O) groups is 1. The Morgan fingerprint density at radius 2 is 1.60 bits per heavy atom. The minimum absolute atomic E-state index is 0.129. The molecule has 0 unspecified atom stereocenters. The summed E-state index contributed by atoms with van der Waals surface area (Å²) in [6.45, 7) is 7.85. The topological polar surface area (TPSA) is 46.3 Å². The smallest absolute Gasteiger partial charge is 0.240 e. The second-order valence-corrected chi connectivity index (χ2v) is 5.58. The third kappa shape index (κ3) is 3.49. The molecule has 15 heavy (non-hydrogen) atoms. The van der Waals surface area contributed by atoms with Crippen LogP contribution in [0, 0.1) is 5.41 Å². The van der Waals surface area contributed by atoms with Crippen LogP contribution in [0.2, 0.25) is 0 Å². The number of likely N-dealkylation sites (tertiary alicyclic amines) is 1. The predicted molar refractivity (Wildman–Crippen MR) is 62.5 cm³/mol. The molecule has 0 aromatic heterocycles. The molecule has 2 N–H and O–H groups in total. The first kappa shape index (κ1) is 12.5. The quantitative estimate of drug-likeness (QED) is 0.720. The summed E-state index contributed by atoms with van der Waals surface area (Å²) < 4.78 is 0. The Bertz CT molecular complexity index is 212. The molecular formula is C12H24N2O. The van der Waals surface area contributed by atoms with Gasteiger partial charge in [-0.2, -0.15) is 0 Å². The number of carbonyl (C=O) groups excluding carboxylic acids is 1. The molecule has 0 bridgehead atoms. The first-order valence-corrected chi connectivity index (χ1v) is 5.97. The molecule has 1 amide bonds. The van der Waals surface area contributed by atoms with Crippen molar-refractivity contribution in [3.05, 3.63) is 0 Å². The van der Waals surface area contributed by atoms with Crippen LogP contribution in [0.5, 0.6) is 0 Å². The van der Waals surface area contributed by atoms with Crippen LogP contribution < -0.4 is 5.73 Å². The highest BCUT2D eigenvalue weighted by Gasteiger charge is 2.30. The van der Waals surface area contributed by atoms with Gasteiger partial charge in [0.1, 0.15) is 0 Å². The van der Waals surface area contributed by atoms with E-state index in [1.807, 2.05) is 25.7 Å². The van der Waals surface area contributed by atoms with E-state index < -0.39 is 0 Å². The van der Waals surface area contributed by atoms with Gasteiger partial charge >= 0.3 is 0 Å². The zero-order chi connectivity index (χ0) is 11.5. The van der Waals surface area contributed by atoms with Gasteiger partial charge in [-0.3, -0.25) is 4.79 Å². The first-order chi connectivity index (χ1) is 6.93. The molecule has 0 radical (unpaired) electrons. The maximum Gasteiger partial charge on any atom is 0.240 e. The van der Waals surface area contributed by atoms with Gasteiger partial charge in [-0.05, 0) is 18.3 Å². The second-order valence-electron chi connectivity index (χ2n) is 5.58. The fourth-order valence-corrected chi connectivity index (χ4v) is 1.86. The van der Waals surface area contributed by atoms with Crippen molar-refractivity contribution in [2.75, 3.05) is 13.1 Å². The van der Waals surface area contributed by atoms with E-state index in [4.69, 9.17) is 5.73 Å². The van der Waals surface area contributed by atoms with Crippen LogP contribution in [0.15, 0.2) is 0 Å². The molecule has 1 aliphatic rings. The molecule has 0 saturated carbocycles. The number of amides is 1. The molecule has 0 spiro atoms. The zero-order valence-corrected chi connectivity index (χ0v) is 10.3. The van der Waals surface area contributed by atoms with Gasteiger partial charge in [0.15, 0.2) is 0 Å². The van der Waals surface area contributed by atoms with E-state index >= 15 is 0 Å². The third-order valence-corrected chi connectivity index (χ3v) is 3.12. The van der Waals surface area contributed by atoms with Crippen molar-refractivity contribution in [3.63, 3.8) is 0 Å². The minimum atomic E-state index is -0.365. The maximum absolute atomic E-state index is 12.1. The van der Waals surface area contributed by atoms with Crippen LogP contribution in [-0.2, 0) is 4.79 Å². The fraction of sp³-hybridized carbons (Fsp3) is 0.917. The van der Waals surface area contributed by atoms with Crippen LogP contribution >= 0.6 is 0 Å². The highest BCUT2D eigenvalue weighted by Crippen LogP contribution is 2.20. The Labute approximate surface area is 93.0 Å². The summed E-state index contributed by atoms with van der Waals surface area (Å²) in [4.78, 5) is 14.0. The van der Waals surface area contributed by atoms with Gasteiger partial charge in [-0.15, -0.1) is 0 Å². The maximum atomic E-state index is 12.1. The number of hydrogen-bond donors (Lipinski definition) is 1. The highest BCUT2D eigenvalue weighted by molar-refractivity contribution is 5.82. The van der Waals surface area contributed by atoms with Gasteiger partial charge in [-0.25, -0.2) is 0 Å². The molecule has 1 atom stereocenters. The molecule has 1 saturated heterocycles. The lowest BCUT2D eigenvalue weighted by molar-refractivity contribution is -0.134. The van der Waals surface area contributed by atoms with Crippen molar-refractivity contribution in [2.45, 2.75) is 52.5 Å². The van der Waals surface area contributed by atoms with Crippen molar-refractivity contribution in [1.82, 2.24) is 4.90 Å². The van der Waals surface area contributed by atoms with Crippen molar-refractivity contribution >= 4 is 5.91 Å². The molecule has 1 heterocycles. The van der Waals surface area contributed by atoms with E-state index in [0.29, 0.717) is 0 Å². The SMILES string of the molecule is CC(C)(C)[C@H](N)C(=O)N1CCCCCC1. The Morgan fingerprint density at radius 1 is 1.13 bits per heavy atom.